The SMILES string of the molecule is CCOC(=O)CNC(=O)/C=C/c1ccc(OCc2ccc(-c3ccccc3)cc2)cc1. The molecule has 5 heteroatoms. The van der Waals surface area contributed by atoms with Crippen molar-refractivity contribution in [3.05, 3.63) is 96.1 Å². The normalized spacial score (nSPS) is 10.6. The molecule has 0 fully saturated rings. The molecule has 0 saturated heterocycles. The lowest BCUT2D eigenvalue weighted by Crippen LogP contribution is -2.29. The van der Waals surface area contributed by atoms with E-state index in [-0.39, 0.29) is 19.1 Å². The molecule has 31 heavy (non-hydrogen) atoms. The van der Waals surface area contributed by atoms with E-state index >= 15 is 0 Å². The molecule has 0 aliphatic heterocycles. The van der Waals surface area contributed by atoms with Gasteiger partial charge in [-0.3, -0.25) is 9.59 Å². The van der Waals surface area contributed by atoms with Crippen LogP contribution in [0.25, 0.3) is 17.2 Å². The first kappa shape index (κ1) is 21.8. The van der Waals surface area contributed by atoms with Crippen molar-refractivity contribution in [2.75, 3.05) is 13.2 Å². The lowest BCUT2D eigenvalue weighted by Gasteiger charge is -2.08. The van der Waals surface area contributed by atoms with Crippen LogP contribution in [0.1, 0.15) is 18.1 Å². The molecule has 1 N–H and O–H groups in total. The van der Waals surface area contributed by atoms with Gasteiger partial charge in [-0.2, -0.15) is 0 Å². The number of nitrogens with one attached hydrogen (secondary N) is 1. The Balaban J connectivity index is 1.47. The Morgan fingerprint density at radius 3 is 2.23 bits per heavy atom. The number of ether oxygens (including phenoxy) is 2. The summed E-state index contributed by atoms with van der Waals surface area (Å²) in [6.07, 6.45) is 3.05. The Labute approximate surface area is 182 Å². The van der Waals surface area contributed by atoms with Crippen molar-refractivity contribution < 1.29 is 19.1 Å². The number of benzene rings is 3. The lowest BCUT2D eigenvalue weighted by molar-refractivity contribution is -0.143. The van der Waals surface area contributed by atoms with Gasteiger partial charge in [0.2, 0.25) is 5.91 Å². The van der Waals surface area contributed by atoms with E-state index in [0.717, 1.165) is 16.9 Å². The number of rotatable bonds is 9. The van der Waals surface area contributed by atoms with Crippen molar-refractivity contribution in [1.82, 2.24) is 5.32 Å². The monoisotopic (exact) mass is 415 g/mol. The topological polar surface area (TPSA) is 64.6 Å². The summed E-state index contributed by atoms with van der Waals surface area (Å²) < 4.78 is 10.6. The number of carbonyl (C=O) groups excluding carboxylic acids is 2. The van der Waals surface area contributed by atoms with E-state index in [4.69, 9.17) is 9.47 Å². The highest BCUT2D eigenvalue weighted by atomic mass is 16.5. The average molecular weight is 415 g/mol. The molecule has 0 saturated carbocycles. The summed E-state index contributed by atoms with van der Waals surface area (Å²) in [5.74, 6) is -0.0659. The molecule has 0 radical (unpaired) electrons. The van der Waals surface area contributed by atoms with E-state index in [9.17, 15) is 9.59 Å². The summed E-state index contributed by atoms with van der Waals surface area (Å²) >= 11 is 0. The van der Waals surface area contributed by atoms with E-state index in [2.05, 4.69) is 41.7 Å². The zero-order chi connectivity index (χ0) is 21.9. The summed E-state index contributed by atoms with van der Waals surface area (Å²) in [7, 11) is 0. The molecule has 3 aromatic rings. The first-order valence-electron chi connectivity index (χ1n) is 10.1. The van der Waals surface area contributed by atoms with Gasteiger partial charge in [-0.1, -0.05) is 66.7 Å². The van der Waals surface area contributed by atoms with Crippen molar-refractivity contribution in [1.29, 1.82) is 0 Å². The van der Waals surface area contributed by atoms with E-state index in [1.54, 1.807) is 13.0 Å². The van der Waals surface area contributed by atoms with Crippen LogP contribution >= 0.6 is 0 Å². The summed E-state index contributed by atoms with van der Waals surface area (Å²) in [4.78, 5) is 23.0. The molecular weight excluding hydrogens is 390 g/mol. The Hall–Kier alpha value is -3.86. The lowest BCUT2D eigenvalue weighted by atomic mass is 10.0. The van der Waals surface area contributed by atoms with Crippen molar-refractivity contribution in [2.45, 2.75) is 13.5 Å². The predicted molar refractivity (Wildman–Crippen MR) is 121 cm³/mol. The van der Waals surface area contributed by atoms with Crippen molar-refractivity contribution in [2.24, 2.45) is 0 Å². The van der Waals surface area contributed by atoms with Gasteiger partial charge in [0.05, 0.1) is 6.61 Å². The summed E-state index contributed by atoms with van der Waals surface area (Å²) in [5.41, 5.74) is 4.30. The standard InChI is InChI=1S/C26H25NO4/c1-2-30-26(29)18-27-25(28)17-12-20-10-15-24(16-11-20)31-19-21-8-13-23(14-9-21)22-6-4-3-5-7-22/h3-17H,2,18-19H2,1H3,(H,27,28)/b17-12+. The van der Waals surface area contributed by atoms with Crippen LogP contribution in [0, 0.1) is 0 Å². The fourth-order valence-corrected chi connectivity index (χ4v) is 2.87. The molecule has 0 aliphatic carbocycles. The summed E-state index contributed by atoms with van der Waals surface area (Å²) in [5, 5.41) is 2.48. The average Bonchev–Trinajstić information content (AvgIpc) is 2.82. The second-order valence-electron chi connectivity index (χ2n) is 6.78. The molecule has 5 nitrogen and oxygen atoms in total. The molecule has 3 rings (SSSR count). The van der Waals surface area contributed by atoms with Crippen LogP contribution < -0.4 is 10.1 Å². The highest BCUT2D eigenvalue weighted by Crippen LogP contribution is 2.20. The third-order valence-electron chi connectivity index (χ3n) is 4.49. The van der Waals surface area contributed by atoms with Gasteiger partial charge < -0.3 is 14.8 Å². The zero-order valence-electron chi connectivity index (χ0n) is 17.4. The third kappa shape index (κ3) is 7.16. The number of carbonyl (C=O) groups is 2. The van der Waals surface area contributed by atoms with Crippen LogP contribution in [0.5, 0.6) is 5.75 Å². The molecule has 0 aromatic heterocycles. The largest absolute Gasteiger partial charge is 0.489 e. The summed E-state index contributed by atoms with van der Waals surface area (Å²) in [6, 6.07) is 26.0. The van der Waals surface area contributed by atoms with Gasteiger partial charge in [-0.05, 0) is 47.4 Å². The highest BCUT2D eigenvalue weighted by Gasteiger charge is 2.03. The maximum atomic E-state index is 11.7. The fourth-order valence-electron chi connectivity index (χ4n) is 2.87. The molecule has 1 amide bonds. The van der Waals surface area contributed by atoms with E-state index in [0.29, 0.717) is 6.61 Å². The van der Waals surface area contributed by atoms with Crippen LogP contribution in [0.15, 0.2) is 84.9 Å². The number of hydrogen-bond acceptors (Lipinski definition) is 4. The minimum atomic E-state index is -0.458. The third-order valence-corrected chi connectivity index (χ3v) is 4.49. The van der Waals surface area contributed by atoms with Gasteiger partial charge in [0.15, 0.2) is 0 Å². The van der Waals surface area contributed by atoms with Gasteiger partial charge >= 0.3 is 5.97 Å². The van der Waals surface area contributed by atoms with Gasteiger partial charge in [0.25, 0.3) is 0 Å². The number of esters is 1. The molecule has 0 aliphatic rings. The molecular formula is C26H25NO4. The highest BCUT2D eigenvalue weighted by molar-refractivity contribution is 5.93. The van der Waals surface area contributed by atoms with Gasteiger partial charge in [-0.25, -0.2) is 0 Å². The predicted octanol–water partition coefficient (Wildman–Crippen LogP) is 4.63. The molecule has 0 atom stereocenters. The Morgan fingerprint density at radius 1 is 0.871 bits per heavy atom. The van der Waals surface area contributed by atoms with Gasteiger partial charge in [0.1, 0.15) is 18.9 Å². The molecule has 0 heterocycles. The molecule has 158 valence electrons. The molecule has 0 spiro atoms. The minimum Gasteiger partial charge on any atom is -0.489 e. The molecule has 3 aromatic carbocycles. The van der Waals surface area contributed by atoms with Crippen LogP contribution in [-0.4, -0.2) is 25.0 Å². The Kier molecular flexibility index (Phi) is 8.00. The van der Waals surface area contributed by atoms with Crippen LogP contribution in [0.3, 0.4) is 0 Å². The molecule has 0 bridgehead atoms. The number of hydrogen-bond donors (Lipinski definition) is 1. The van der Waals surface area contributed by atoms with Crippen LogP contribution in [0.2, 0.25) is 0 Å². The maximum Gasteiger partial charge on any atom is 0.325 e. The van der Waals surface area contributed by atoms with Crippen molar-refractivity contribution in [3.63, 3.8) is 0 Å². The minimum absolute atomic E-state index is 0.143. The zero-order valence-corrected chi connectivity index (χ0v) is 17.4. The van der Waals surface area contributed by atoms with Crippen molar-refractivity contribution in [3.8, 4) is 16.9 Å². The quantitative estimate of drug-likeness (QED) is 0.409. The van der Waals surface area contributed by atoms with E-state index in [1.807, 2.05) is 42.5 Å². The Bertz CT molecular complexity index is 1010. The summed E-state index contributed by atoms with van der Waals surface area (Å²) in [6.45, 7) is 2.34. The Morgan fingerprint density at radius 2 is 1.55 bits per heavy atom. The van der Waals surface area contributed by atoms with Gasteiger partial charge in [0, 0.05) is 6.08 Å². The first-order valence-corrected chi connectivity index (χ1v) is 10.1. The number of amides is 1. The van der Waals surface area contributed by atoms with Crippen LogP contribution in [-0.2, 0) is 20.9 Å². The second kappa shape index (κ2) is 11.4. The van der Waals surface area contributed by atoms with Crippen molar-refractivity contribution >= 4 is 18.0 Å². The smallest absolute Gasteiger partial charge is 0.325 e. The van der Waals surface area contributed by atoms with E-state index in [1.165, 1.54) is 17.2 Å². The van der Waals surface area contributed by atoms with E-state index < -0.39 is 5.97 Å². The fraction of sp³-hybridized carbons (Fsp3) is 0.154. The second-order valence-corrected chi connectivity index (χ2v) is 6.78. The first-order chi connectivity index (χ1) is 15.1. The van der Waals surface area contributed by atoms with Gasteiger partial charge in [-0.15, -0.1) is 0 Å². The maximum absolute atomic E-state index is 11.7. The van der Waals surface area contributed by atoms with Crippen LogP contribution in [0.4, 0.5) is 0 Å². The molecule has 0 unspecified atom stereocenters.